The number of aryl methyl sites for hydroxylation is 1. The van der Waals surface area contributed by atoms with E-state index in [2.05, 4.69) is 11.1 Å². The van der Waals surface area contributed by atoms with Crippen LogP contribution in [0.25, 0.3) is 0 Å². The van der Waals surface area contributed by atoms with Gasteiger partial charge in [0.25, 0.3) is 10.2 Å². The molecule has 1 aliphatic heterocycles. The van der Waals surface area contributed by atoms with Gasteiger partial charge in [-0.2, -0.15) is 22.3 Å². The number of hydrogen-bond donors (Lipinski definition) is 0. The molecule has 0 saturated carbocycles. The van der Waals surface area contributed by atoms with E-state index in [4.69, 9.17) is 5.26 Å². The summed E-state index contributed by atoms with van der Waals surface area (Å²) in [5.74, 6) is 0.466. The smallest absolute Gasteiger partial charge is 0.282 e. The van der Waals surface area contributed by atoms with Gasteiger partial charge in [-0.15, -0.1) is 0 Å². The Kier molecular flexibility index (Phi) is 5.79. The summed E-state index contributed by atoms with van der Waals surface area (Å²) in [5.41, 5.74) is 0. The van der Waals surface area contributed by atoms with Gasteiger partial charge in [-0.1, -0.05) is 6.42 Å². The maximum atomic E-state index is 12.9. The topological polar surface area (TPSA) is 82.2 Å². The van der Waals surface area contributed by atoms with Crippen molar-refractivity contribution < 1.29 is 8.42 Å². The van der Waals surface area contributed by atoms with Crippen LogP contribution in [0.15, 0.2) is 12.4 Å². The molecule has 8 heteroatoms. The fourth-order valence-corrected chi connectivity index (χ4v) is 4.68. The average Bonchev–Trinajstić information content (AvgIpc) is 3.03. The molecule has 1 fully saturated rings. The first-order valence-corrected chi connectivity index (χ1v) is 9.45. The van der Waals surface area contributed by atoms with Gasteiger partial charge in [-0.25, -0.2) is 4.98 Å². The van der Waals surface area contributed by atoms with Crippen molar-refractivity contribution in [2.45, 2.75) is 45.7 Å². The predicted octanol–water partition coefficient (Wildman–Crippen LogP) is 1.77. The molecule has 0 N–H and O–H groups in total. The fraction of sp³-hybridized carbons (Fsp3) is 0.733. The van der Waals surface area contributed by atoms with Gasteiger partial charge in [0.1, 0.15) is 5.82 Å². The lowest BCUT2D eigenvalue weighted by Crippen LogP contribution is -2.47. The average molecular weight is 339 g/mol. The summed E-state index contributed by atoms with van der Waals surface area (Å²) in [5, 5.41) is 8.93. The van der Waals surface area contributed by atoms with Crippen LogP contribution < -0.4 is 0 Å². The Labute approximate surface area is 138 Å². The van der Waals surface area contributed by atoms with Gasteiger partial charge in [-0.3, -0.25) is 0 Å². The van der Waals surface area contributed by atoms with E-state index >= 15 is 0 Å². The minimum Gasteiger partial charge on any atom is -0.334 e. The van der Waals surface area contributed by atoms with E-state index in [1.54, 1.807) is 24.5 Å². The van der Waals surface area contributed by atoms with Crippen molar-refractivity contribution in [1.82, 2.24) is 18.2 Å². The highest BCUT2D eigenvalue weighted by Crippen LogP contribution is 2.33. The number of piperidine rings is 1. The highest BCUT2D eigenvalue weighted by atomic mass is 32.2. The quantitative estimate of drug-likeness (QED) is 0.791. The molecule has 0 spiro atoms. The lowest BCUT2D eigenvalue weighted by Gasteiger charge is -2.36. The van der Waals surface area contributed by atoms with Gasteiger partial charge in [0.15, 0.2) is 0 Å². The fourth-order valence-electron chi connectivity index (χ4n) is 3.02. The molecule has 1 aromatic heterocycles. The van der Waals surface area contributed by atoms with E-state index in [1.165, 1.54) is 4.31 Å². The highest BCUT2D eigenvalue weighted by Gasteiger charge is 2.38. The zero-order valence-corrected chi connectivity index (χ0v) is 14.8. The van der Waals surface area contributed by atoms with Gasteiger partial charge in [0, 0.05) is 39.1 Å². The van der Waals surface area contributed by atoms with Crippen LogP contribution in [0.4, 0.5) is 0 Å². The monoisotopic (exact) mass is 339 g/mol. The predicted molar refractivity (Wildman–Crippen MR) is 87.5 cm³/mol. The molecule has 1 aromatic rings. The zero-order chi connectivity index (χ0) is 17.0. The Morgan fingerprint density at radius 3 is 2.91 bits per heavy atom. The molecule has 128 valence electrons. The third-order valence-electron chi connectivity index (χ3n) is 4.28. The first kappa shape index (κ1) is 17.9. The summed E-state index contributed by atoms with van der Waals surface area (Å²) < 4.78 is 30.7. The van der Waals surface area contributed by atoms with Crippen molar-refractivity contribution >= 4 is 10.2 Å². The van der Waals surface area contributed by atoms with Crippen molar-refractivity contribution in [3.8, 4) is 6.07 Å². The Balaban J connectivity index is 2.29. The molecule has 1 saturated heterocycles. The van der Waals surface area contributed by atoms with Crippen LogP contribution in [0.5, 0.6) is 0 Å². The van der Waals surface area contributed by atoms with E-state index in [0.29, 0.717) is 6.54 Å². The standard InChI is InChI=1S/C15H25N5O2S/c1-4-19-10-8-17-15(19)14-7-5-6-9-20(14)23(21,22)18(3)12-13(2)11-16/h8,10,13-14H,4-7,9,12H2,1-3H3. The molecule has 0 aliphatic carbocycles. The van der Waals surface area contributed by atoms with E-state index in [1.807, 2.05) is 17.7 Å². The first-order valence-electron chi connectivity index (χ1n) is 8.05. The summed E-state index contributed by atoms with van der Waals surface area (Å²) in [6, 6.07) is 1.85. The normalized spacial score (nSPS) is 21.3. The summed E-state index contributed by atoms with van der Waals surface area (Å²) in [6.07, 6.45) is 6.23. The number of nitriles is 1. The second kappa shape index (κ2) is 7.43. The Hall–Kier alpha value is -1.43. The van der Waals surface area contributed by atoms with Crippen molar-refractivity contribution in [2.75, 3.05) is 20.1 Å². The van der Waals surface area contributed by atoms with Crippen LogP contribution in [0.1, 0.15) is 45.0 Å². The number of hydrogen-bond acceptors (Lipinski definition) is 4. The highest BCUT2D eigenvalue weighted by molar-refractivity contribution is 7.86. The van der Waals surface area contributed by atoms with E-state index in [9.17, 15) is 8.42 Å². The van der Waals surface area contributed by atoms with Gasteiger partial charge in [0.05, 0.1) is 18.0 Å². The molecule has 23 heavy (non-hydrogen) atoms. The molecule has 2 unspecified atom stereocenters. The zero-order valence-electron chi connectivity index (χ0n) is 14.0. The molecule has 2 rings (SSSR count). The van der Waals surface area contributed by atoms with Crippen LogP contribution in [0.2, 0.25) is 0 Å². The summed E-state index contributed by atoms with van der Waals surface area (Å²) in [6.45, 7) is 5.21. The van der Waals surface area contributed by atoms with Crippen LogP contribution in [-0.2, 0) is 16.8 Å². The summed E-state index contributed by atoms with van der Waals surface area (Å²) in [7, 11) is -2.06. The SMILES string of the molecule is CCn1ccnc1C1CCCCN1S(=O)(=O)N(C)CC(C)C#N. The summed E-state index contributed by atoms with van der Waals surface area (Å²) >= 11 is 0. The van der Waals surface area contributed by atoms with E-state index < -0.39 is 10.2 Å². The number of rotatable bonds is 6. The van der Waals surface area contributed by atoms with Gasteiger partial charge in [-0.05, 0) is 26.7 Å². The van der Waals surface area contributed by atoms with E-state index in [-0.39, 0.29) is 18.5 Å². The lowest BCUT2D eigenvalue weighted by molar-refractivity contribution is 0.225. The van der Waals surface area contributed by atoms with E-state index in [0.717, 1.165) is 31.6 Å². The third-order valence-corrected chi connectivity index (χ3v) is 6.25. The lowest BCUT2D eigenvalue weighted by atomic mass is 10.0. The molecule has 0 aromatic carbocycles. The number of aromatic nitrogens is 2. The molecule has 2 atom stereocenters. The van der Waals surface area contributed by atoms with Crippen molar-refractivity contribution in [3.05, 3.63) is 18.2 Å². The van der Waals surface area contributed by atoms with Crippen LogP contribution >= 0.6 is 0 Å². The molecule has 2 heterocycles. The van der Waals surface area contributed by atoms with Crippen LogP contribution in [-0.4, -0.2) is 46.7 Å². The molecular formula is C15H25N5O2S. The third kappa shape index (κ3) is 3.74. The minimum atomic E-state index is -3.61. The van der Waals surface area contributed by atoms with Gasteiger partial charge >= 0.3 is 0 Å². The second-order valence-electron chi connectivity index (χ2n) is 6.01. The van der Waals surface area contributed by atoms with Gasteiger partial charge < -0.3 is 4.57 Å². The van der Waals surface area contributed by atoms with Gasteiger partial charge in [0.2, 0.25) is 0 Å². The Morgan fingerprint density at radius 2 is 2.26 bits per heavy atom. The van der Waals surface area contributed by atoms with Crippen LogP contribution in [0.3, 0.4) is 0 Å². The maximum Gasteiger partial charge on any atom is 0.282 e. The molecule has 7 nitrogen and oxygen atoms in total. The largest absolute Gasteiger partial charge is 0.334 e. The maximum absolute atomic E-state index is 12.9. The molecule has 0 bridgehead atoms. The number of nitrogens with zero attached hydrogens (tertiary/aromatic N) is 5. The first-order chi connectivity index (χ1) is 10.9. The van der Waals surface area contributed by atoms with Crippen molar-refractivity contribution in [2.24, 2.45) is 5.92 Å². The molecule has 0 radical (unpaired) electrons. The van der Waals surface area contributed by atoms with Crippen molar-refractivity contribution in [3.63, 3.8) is 0 Å². The van der Waals surface area contributed by atoms with Crippen molar-refractivity contribution in [1.29, 1.82) is 5.26 Å². The Morgan fingerprint density at radius 1 is 1.52 bits per heavy atom. The van der Waals surface area contributed by atoms with Crippen LogP contribution in [0, 0.1) is 17.2 Å². The summed E-state index contributed by atoms with van der Waals surface area (Å²) in [4.78, 5) is 4.40. The Bertz CT molecular complexity index is 664. The molecular weight excluding hydrogens is 314 g/mol. The molecule has 0 amide bonds. The molecule has 1 aliphatic rings. The minimum absolute atomic E-state index is 0.199. The number of imidazole rings is 1. The second-order valence-corrected chi connectivity index (χ2v) is 8.00.